The van der Waals surface area contributed by atoms with Gasteiger partial charge in [-0.3, -0.25) is 4.79 Å². The van der Waals surface area contributed by atoms with Crippen LogP contribution in [0.5, 0.6) is 0 Å². The van der Waals surface area contributed by atoms with Crippen LogP contribution in [0.1, 0.15) is 16.8 Å². The molecule has 3 heterocycles. The molecule has 32 heavy (non-hydrogen) atoms. The number of amides is 1. The van der Waals surface area contributed by atoms with Crippen LogP contribution in [-0.2, 0) is 24.3 Å². The molecule has 0 aliphatic carbocycles. The van der Waals surface area contributed by atoms with Gasteiger partial charge in [0.05, 0.1) is 12.2 Å². The lowest BCUT2D eigenvalue weighted by Crippen LogP contribution is -2.31. The molecule has 4 aromatic rings. The molecule has 0 saturated carbocycles. The van der Waals surface area contributed by atoms with Gasteiger partial charge in [-0.05, 0) is 47.9 Å². The summed E-state index contributed by atoms with van der Waals surface area (Å²) in [6, 6.07) is 19.1. The number of carbonyl (C=O) groups excluding carboxylic acids is 1. The molecule has 6 nitrogen and oxygen atoms in total. The molecule has 0 fully saturated rings. The van der Waals surface area contributed by atoms with Crippen molar-refractivity contribution in [3.63, 3.8) is 0 Å². The van der Waals surface area contributed by atoms with Gasteiger partial charge in [0.15, 0.2) is 11.5 Å². The van der Waals surface area contributed by atoms with Crippen LogP contribution in [0.3, 0.4) is 0 Å². The molecule has 0 spiro atoms. The lowest BCUT2D eigenvalue weighted by molar-refractivity contribution is -0.115. The monoisotopic (exact) mass is 429 g/mol. The van der Waals surface area contributed by atoms with Crippen molar-refractivity contribution in [2.75, 3.05) is 23.3 Å². The van der Waals surface area contributed by atoms with E-state index in [9.17, 15) is 9.18 Å². The maximum atomic E-state index is 13.8. The molecule has 0 bridgehead atoms. The Bertz CT molecular complexity index is 1250. The molecule has 0 saturated heterocycles. The standard InChI is InChI=1S/C25H24FN5O/c26-22-5-3-12-31-16-21(29-25(22)31)15-27-14-18-7-9-20(10-8-18)28-24(32)17-30-13-11-19-4-1-2-6-23(19)30/h1-10,12,16,27H,11,13-15,17H2,(H,28,32). The highest BCUT2D eigenvalue weighted by molar-refractivity contribution is 5.94. The molecular formula is C25H24FN5O. The van der Waals surface area contributed by atoms with Gasteiger partial charge in [-0.2, -0.15) is 0 Å². The summed E-state index contributed by atoms with van der Waals surface area (Å²) in [5, 5.41) is 6.30. The topological polar surface area (TPSA) is 61.7 Å². The average molecular weight is 429 g/mol. The Balaban J connectivity index is 1.11. The van der Waals surface area contributed by atoms with Gasteiger partial charge in [0.25, 0.3) is 0 Å². The van der Waals surface area contributed by atoms with E-state index in [1.165, 1.54) is 11.6 Å². The second-order valence-electron chi connectivity index (χ2n) is 7.97. The van der Waals surface area contributed by atoms with E-state index in [4.69, 9.17) is 0 Å². The van der Waals surface area contributed by atoms with Crippen LogP contribution in [0.25, 0.3) is 5.65 Å². The fourth-order valence-electron chi connectivity index (χ4n) is 4.10. The first-order chi connectivity index (χ1) is 15.7. The summed E-state index contributed by atoms with van der Waals surface area (Å²) in [5.41, 5.74) is 5.43. The van der Waals surface area contributed by atoms with Crippen molar-refractivity contribution in [3.05, 3.63) is 95.7 Å². The van der Waals surface area contributed by atoms with Crippen molar-refractivity contribution in [2.24, 2.45) is 0 Å². The minimum absolute atomic E-state index is 0.0216. The van der Waals surface area contributed by atoms with Gasteiger partial charge in [0.1, 0.15) is 0 Å². The molecule has 2 N–H and O–H groups in total. The predicted octanol–water partition coefficient (Wildman–Crippen LogP) is 3.76. The Morgan fingerprint density at radius 1 is 1.03 bits per heavy atom. The van der Waals surface area contributed by atoms with Crippen molar-refractivity contribution in [3.8, 4) is 0 Å². The number of anilines is 2. The molecule has 0 radical (unpaired) electrons. The first-order valence-corrected chi connectivity index (χ1v) is 10.7. The summed E-state index contributed by atoms with van der Waals surface area (Å²) in [6.07, 6.45) is 4.59. The smallest absolute Gasteiger partial charge is 0.243 e. The predicted molar refractivity (Wildman–Crippen MR) is 123 cm³/mol. The van der Waals surface area contributed by atoms with Crippen molar-refractivity contribution in [2.45, 2.75) is 19.5 Å². The summed E-state index contributed by atoms with van der Waals surface area (Å²) in [7, 11) is 0. The highest BCUT2D eigenvalue weighted by atomic mass is 19.1. The number of imidazole rings is 1. The van der Waals surface area contributed by atoms with Crippen LogP contribution in [0.15, 0.2) is 73.1 Å². The Kier molecular flexibility index (Phi) is 5.56. The summed E-state index contributed by atoms with van der Waals surface area (Å²) in [4.78, 5) is 18.9. The molecule has 1 aliphatic heterocycles. The molecule has 1 aliphatic rings. The van der Waals surface area contributed by atoms with Gasteiger partial charge >= 0.3 is 0 Å². The third-order valence-electron chi connectivity index (χ3n) is 5.68. The van der Waals surface area contributed by atoms with Gasteiger partial charge in [-0.15, -0.1) is 0 Å². The van der Waals surface area contributed by atoms with E-state index in [2.05, 4.69) is 32.7 Å². The molecule has 0 atom stereocenters. The summed E-state index contributed by atoms with van der Waals surface area (Å²) >= 11 is 0. The van der Waals surface area contributed by atoms with Gasteiger partial charge < -0.3 is 19.9 Å². The number of carbonyl (C=O) groups is 1. The Morgan fingerprint density at radius 2 is 1.88 bits per heavy atom. The number of hydrogen-bond acceptors (Lipinski definition) is 4. The van der Waals surface area contributed by atoms with Crippen molar-refractivity contribution in [1.29, 1.82) is 0 Å². The van der Waals surface area contributed by atoms with E-state index in [1.54, 1.807) is 16.7 Å². The fraction of sp³-hybridized carbons (Fsp3) is 0.200. The second kappa shape index (κ2) is 8.80. The molecule has 0 unspecified atom stereocenters. The Hall–Kier alpha value is -3.71. The van der Waals surface area contributed by atoms with Gasteiger partial charge in [-0.1, -0.05) is 30.3 Å². The molecule has 2 aromatic heterocycles. The Morgan fingerprint density at radius 3 is 2.72 bits per heavy atom. The number of aromatic nitrogens is 2. The first-order valence-electron chi connectivity index (χ1n) is 10.7. The molecule has 162 valence electrons. The number of nitrogens with one attached hydrogen (secondary N) is 2. The van der Waals surface area contributed by atoms with E-state index in [0.29, 0.717) is 25.3 Å². The van der Waals surface area contributed by atoms with Crippen LogP contribution in [0.4, 0.5) is 15.8 Å². The molecule has 5 rings (SSSR count). The normalized spacial score (nSPS) is 12.8. The number of halogens is 1. The summed E-state index contributed by atoms with van der Waals surface area (Å²) in [6.45, 7) is 2.41. The van der Waals surface area contributed by atoms with Gasteiger partial charge in [0.2, 0.25) is 5.91 Å². The number of pyridine rings is 1. The van der Waals surface area contributed by atoms with Gasteiger partial charge in [0, 0.05) is 43.4 Å². The van der Waals surface area contributed by atoms with Crippen molar-refractivity contribution < 1.29 is 9.18 Å². The quantitative estimate of drug-likeness (QED) is 0.470. The third-order valence-corrected chi connectivity index (χ3v) is 5.68. The first kappa shape index (κ1) is 20.2. The number of nitrogens with zero attached hydrogens (tertiary/aromatic N) is 3. The molecule has 2 aromatic carbocycles. The fourth-order valence-corrected chi connectivity index (χ4v) is 4.10. The van der Waals surface area contributed by atoms with Crippen LogP contribution in [0, 0.1) is 5.82 Å². The minimum Gasteiger partial charge on any atom is -0.362 e. The third kappa shape index (κ3) is 4.33. The highest BCUT2D eigenvalue weighted by Gasteiger charge is 2.20. The summed E-state index contributed by atoms with van der Waals surface area (Å²) in [5.74, 6) is -0.350. The Labute approximate surface area is 185 Å². The lowest BCUT2D eigenvalue weighted by Gasteiger charge is -2.18. The number of rotatable bonds is 7. The average Bonchev–Trinajstić information content (AvgIpc) is 3.40. The van der Waals surface area contributed by atoms with Crippen LogP contribution >= 0.6 is 0 Å². The number of para-hydroxylation sites is 1. The van der Waals surface area contributed by atoms with Crippen LogP contribution in [-0.4, -0.2) is 28.4 Å². The van der Waals surface area contributed by atoms with E-state index >= 15 is 0 Å². The summed E-state index contributed by atoms with van der Waals surface area (Å²) < 4.78 is 15.4. The van der Waals surface area contributed by atoms with Crippen molar-refractivity contribution >= 4 is 22.9 Å². The molecular weight excluding hydrogens is 405 g/mol. The molecule has 1 amide bonds. The maximum Gasteiger partial charge on any atom is 0.243 e. The number of fused-ring (bicyclic) bond motifs is 2. The zero-order valence-corrected chi connectivity index (χ0v) is 17.6. The second-order valence-corrected chi connectivity index (χ2v) is 7.97. The zero-order chi connectivity index (χ0) is 21.9. The largest absolute Gasteiger partial charge is 0.362 e. The highest BCUT2D eigenvalue weighted by Crippen LogP contribution is 2.27. The zero-order valence-electron chi connectivity index (χ0n) is 17.6. The number of benzene rings is 2. The van der Waals surface area contributed by atoms with E-state index in [0.717, 1.165) is 35.6 Å². The lowest BCUT2D eigenvalue weighted by atomic mass is 10.2. The van der Waals surface area contributed by atoms with Crippen LogP contribution in [0.2, 0.25) is 0 Å². The molecule has 7 heteroatoms. The minimum atomic E-state index is -0.328. The van der Waals surface area contributed by atoms with Gasteiger partial charge in [-0.25, -0.2) is 9.37 Å². The van der Waals surface area contributed by atoms with E-state index in [1.807, 2.05) is 42.6 Å². The van der Waals surface area contributed by atoms with E-state index < -0.39 is 0 Å². The maximum absolute atomic E-state index is 13.8. The van der Waals surface area contributed by atoms with Crippen molar-refractivity contribution in [1.82, 2.24) is 14.7 Å². The number of hydrogen-bond donors (Lipinski definition) is 2. The van der Waals surface area contributed by atoms with Crippen LogP contribution < -0.4 is 15.5 Å². The SMILES string of the molecule is O=C(CN1CCc2ccccc21)Nc1ccc(CNCc2cn3cccc(F)c3n2)cc1. The van der Waals surface area contributed by atoms with E-state index in [-0.39, 0.29) is 11.7 Å².